The number of carbonyl (C=O) groups is 3. The second-order valence-electron chi connectivity index (χ2n) is 5.36. The summed E-state index contributed by atoms with van der Waals surface area (Å²) in [6.07, 6.45) is 0. The van der Waals surface area contributed by atoms with Crippen LogP contribution in [0.5, 0.6) is 0 Å². The first-order valence-electron chi connectivity index (χ1n) is 7.60. The number of hydrogen-bond acceptors (Lipinski definition) is 4. The molecule has 26 heavy (non-hydrogen) atoms. The lowest BCUT2D eigenvalue weighted by atomic mass is 10.2. The van der Waals surface area contributed by atoms with Gasteiger partial charge < -0.3 is 15.4 Å². The maximum atomic E-state index is 11.9. The Balaban J connectivity index is 1.74. The smallest absolute Gasteiger partial charge is 0.325 e. The average molecular weight is 395 g/mol. The number of ether oxygens (including phenoxy) is 1. The molecule has 2 amide bonds. The molecule has 0 aromatic heterocycles. The van der Waals surface area contributed by atoms with Gasteiger partial charge in [0.2, 0.25) is 0 Å². The summed E-state index contributed by atoms with van der Waals surface area (Å²) in [7, 11) is 0. The first-order valence-corrected chi connectivity index (χ1v) is 8.36. The van der Waals surface area contributed by atoms with Crippen LogP contribution in [0.4, 0.5) is 5.69 Å². The fourth-order valence-corrected chi connectivity index (χ4v) is 2.36. The van der Waals surface area contributed by atoms with E-state index in [2.05, 4.69) is 10.6 Å². The molecule has 0 unspecified atom stereocenters. The number of amides is 2. The molecule has 2 aromatic rings. The van der Waals surface area contributed by atoms with Crippen LogP contribution in [-0.4, -0.2) is 30.9 Å². The molecule has 0 aliphatic heterocycles. The van der Waals surface area contributed by atoms with Gasteiger partial charge in [0, 0.05) is 21.3 Å². The van der Waals surface area contributed by atoms with Crippen molar-refractivity contribution in [2.75, 3.05) is 18.5 Å². The van der Waals surface area contributed by atoms with E-state index < -0.39 is 24.4 Å². The van der Waals surface area contributed by atoms with Gasteiger partial charge in [-0.25, -0.2) is 0 Å². The topological polar surface area (TPSA) is 84.5 Å². The van der Waals surface area contributed by atoms with Gasteiger partial charge in [0.15, 0.2) is 6.61 Å². The summed E-state index contributed by atoms with van der Waals surface area (Å²) in [4.78, 5) is 35.3. The normalized spacial score (nSPS) is 10.1. The van der Waals surface area contributed by atoms with Gasteiger partial charge in [0.1, 0.15) is 6.54 Å². The Bertz CT molecular complexity index is 822. The first-order chi connectivity index (χ1) is 12.3. The number of esters is 1. The van der Waals surface area contributed by atoms with E-state index >= 15 is 0 Å². The number of anilines is 1. The molecule has 0 radical (unpaired) electrons. The molecule has 0 fully saturated rings. The van der Waals surface area contributed by atoms with Crippen molar-refractivity contribution in [3.05, 3.63) is 63.6 Å². The van der Waals surface area contributed by atoms with Crippen LogP contribution in [0.15, 0.2) is 42.5 Å². The standard InChI is InChI=1S/C18H16Cl2N2O4/c1-11-8-14(20)6-7-15(11)22-16(23)10-26-17(24)9-21-18(25)12-2-4-13(19)5-3-12/h2-8H,9-10H2,1H3,(H,21,25)(H,22,23). The zero-order chi connectivity index (χ0) is 19.1. The molecule has 2 rings (SSSR count). The molecule has 0 saturated carbocycles. The van der Waals surface area contributed by atoms with Gasteiger partial charge in [-0.2, -0.15) is 0 Å². The van der Waals surface area contributed by atoms with Crippen LogP contribution in [0, 0.1) is 6.92 Å². The summed E-state index contributed by atoms with van der Waals surface area (Å²) in [6.45, 7) is 0.978. The van der Waals surface area contributed by atoms with E-state index in [1.807, 2.05) is 0 Å². The molecule has 0 atom stereocenters. The van der Waals surface area contributed by atoms with E-state index in [4.69, 9.17) is 27.9 Å². The van der Waals surface area contributed by atoms with Crippen molar-refractivity contribution in [3.63, 3.8) is 0 Å². The Hall–Kier alpha value is -2.57. The molecule has 136 valence electrons. The van der Waals surface area contributed by atoms with Gasteiger partial charge in [-0.3, -0.25) is 14.4 Å². The maximum Gasteiger partial charge on any atom is 0.325 e. The molecule has 0 heterocycles. The third-order valence-electron chi connectivity index (χ3n) is 3.33. The van der Waals surface area contributed by atoms with Crippen LogP contribution in [0.25, 0.3) is 0 Å². The summed E-state index contributed by atoms with van der Waals surface area (Å²) in [5.74, 6) is -1.66. The van der Waals surface area contributed by atoms with E-state index in [-0.39, 0.29) is 6.54 Å². The molecule has 0 spiro atoms. The van der Waals surface area contributed by atoms with Crippen molar-refractivity contribution in [1.29, 1.82) is 0 Å². The van der Waals surface area contributed by atoms with Crippen molar-refractivity contribution in [1.82, 2.24) is 5.32 Å². The van der Waals surface area contributed by atoms with Crippen LogP contribution in [0.3, 0.4) is 0 Å². The largest absolute Gasteiger partial charge is 0.454 e. The highest BCUT2D eigenvalue weighted by Crippen LogP contribution is 2.19. The predicted molar refractivity (Wildman–Crippen MR) is 99.6 cm³/mol. The van der Waals surface area contributed by atoms with Crippen LogP contribution in [0.2, 0.25) is 10.0 Å². The molecule has 0 saturated heterocycles. The van der Waals surface area contributed by atoms with Crippen molar-refractivity contribution in [2.45, 2.75) is 6.92 Å². The molecular weight excluding hydrogens is 379 g/mol. The molecule has 8 heteroatoms. The summed E-state index contributed by atoms with van der Waals surface area (Å²) in [6, 6.07) is 11.2. The fraction of sp³-hybridized carbons (Fsp3) is 0.167. The third kappa shape index (κ3) is 6.06. The molecule has 0 aliphatic rings. The zero-order valence-corrected chi connectivity index (χ0v) is 15.4. The number of benzene rings is 2. The highest BCUT2D eigenvalue weighted by Gasteiger charge is 2.11. The fourth-order valence-electron chi connectivity index (χ4n) is 2.01. The van der Waals surface area contributed by atoms with Crippen molar-refractivity contribution >= 4 is 46.7 Å². The van der Waals surface area contributed by atoms with Crippen LogP contribution in [0.1, 0.15) is 15.9 Å². The minimum Gasteiger partial charge on any atom is -0.454 e. The molecule has 2 N–H and O–H groups in total. The predicted octanol–water partition coefficient (Wildman–Crippen LogP) is 3.21. The number of halogens is 2. The van der Waals surface area contributed by atoms with Gasteiger partial charge in [0.25, 0.3) is 11.8 Å². The van der Waals surface area contributed by atoms with Crippen LogP contribution in [-0.2, 0) is 14.3 Å². The Morgan fingerprint density at radius 1 is 1.00 bits per heavy atom. The van der Waals surface area contributed by atoms with Crippen molar-refractivity contribution in [2.24, 2.45) is 0 Å². The SMILES string of the molecule is Cc1cc(Cl)ccc1NC(=O)COC(=O)CNC(=O)c1ccc(Cl)cc1. The summed E-state index contributed by atoms with van der Waals surface area (Å²) in [5.41, 5.74) is 1.72. The number of nitrogens with one attached hydrogen (secondary N) is 2. The maximum absolute atomic E-state index is 11.9. The number of rotatable bonds is 6. The van der Waals surface area contributed by atoms with Gasteiger partial charge in [-0.15, -0.1) is 0 Å². The van der Waals surface area contributed by atoms with Gasteiger partial charge >= 0.3 is 5.97 Å². The third-order valence-corrected chi connectivity index (χ3v) is 3.81. The Labute approximate surface area is 160 Å². The monoisotopic (exact) mass is 394 g/mol. The number of aryl methyl sites for hydroxylation is 1. The molecule has 0 aliphatic carbocycles. The highest BCUT2D eigenvalue weighted by molar-refractivity contribution is 6.31. The van der Waals surface area contributed by atoms with E-state index in [1.165, 1.54) is 12.1 Å². The lowest BCUT2D eigenvalue weighted by Crippen LogP contribution is -2.32. The molecule has 0 bridgehead atoms. The van der Waals surface area contributed by atoms with Crippen molar-refractivity contribution < 1.29 is 19.1 Å². The minimum atomic E-state index is -0.727. The number of carbonyl (C=O) groups excluding carboxylic acids is 3. The summed E-state index contributed by atoms with van der Waals surface area (Å²) in [5, 5.41) is 6.08. The van der Waals surface area contributed by atoms with E-state index in [0.717, 1.165) is 5.56 Å². The molecule has 2 aromatic carbocycles. The minimum absolute atomic E-state index is 0.352. The number of hydrogen-bond donors (Lipinski definition) is 2. The summed E-state index contributed by atoms with van der Waals surface area (Å²) >= 11 is 11.6. The quantitative estimate of drug-likeness (QED) is 0.736. The van der Waals surface area contributed by atoms with Gasteiger partial charge in [0.05, 0.1) is 0 Å². The average Bonchev–Trinajstić information content (AvgIpc) is 2.61. The lowest BCUT2D eigenvalue weighted by molar-refractivity contribution is -0.146. The van der Waals surface area contributed by atoms with Crippen LogP contribution < -0.4 is 10.6 Å². The summed E-state index contributed by atoms with van der Waals surface area (Å²) < 4.78 is 4.83. The Morgan fingerprint density at radius 3 is 2.31 bits per heavy atom. The zero-order valence-electron chi connectivity index (χ0n) is 13.8. The second kappa shape index (κ2) is 9.22. The second-order valence-corrected chi connectivity index (χ2v) is 6.23. The van der Waals surface area contributed by atoms with E-state index in [0.29, 0.717) is 21.3 Å². The van der Waals surface area contributed by atoms with Gasteiger partial charge in [-0.1, -0.05) is 23.2 Å². The highest BCUT2D eigenvalue weighted by atomic mass is 35.5. The first kappa shape index (κ1) is 19.8. The molecular formula is C18H16Cl2N2O4. The van der Waals surface area contributed by atoms with Gasteiger partial charge in [-0.05, 0) is 55.0 Å². The Morgan fingerprint density at radius 2 is 1.65 bits per heavy atom. The van der Waals surface area contributed by atoms with Crippen LogP contribution >= 0.6 is 23.2 Å². The van der Waals surface area contributed by atoms with Crippen molar-refractivity contribution in [3.8, 4) is 0 Å². The Kier molecular flexibility index (Phi) is 7.00. The lowest BCUT2D eigenvalue weighted by Gasteiger charge is -2.09. The van der Waals surface area contributed by atoms with E-state index in [9.17, 15) is 14.4 Å². The van der Waals surface area contributed by atoms with E-state index in [1.54, 1.807) is 37.3 Å². The molecule has 6 nitrogen and oxygen atoms in total.